The number of carbonyl (C=O) groups is 2. The zero-order valence-electron chi connectivity index (χ0n) is 10.9. The largest absolute Gasteiger partial charge is 0.494 e. The summed E-state index contributed by atoms with van der Waals surface area (Å²) in [6, 6.07) is -0.618. The van der Waals surface area contributed by atoms with Gasteiger partial charge >= 0.3 is 5.97 Å². The summed E-state index contributed by atoms with van der Waals surface area (Å²) in [5, 5.41) is 3.08. The Balaban J connectivity index is 2.08. The summed E-state index contributed by atoms with van der Waals surface area (Å²) in [5.41, 5.74) is 0. The summed E-state index contributed by atoms with van der Waals surface area (Å²) < 4.78 is 15.3. The smallest absolute Gasteiger partial charge is 0.330 e. The van der Waals surface area contributed by atoms with Crippen LogP contribution in [0, 0.1) is 0 Å². The van der Waals surface area contributed by atoms with E-state index in [0.717, 1.165) is 0 Å². The minimum absolute atomic E-state index is 0.141. The molecule has 1 fully saturated rings. The van der Waals surface area contributed by atoms with Gasteiger partial charge < -0.3 is 24.4 Å². The normalized spacial score (nSPS) is 22.9. The number of hydrogen-bond donors (Lipinski definition) is 1. The van der Waals surface area contributed by atoms with E-state index in [4.69, 9.17) is 14.2 Å². The van der Waals surface area contributed by atoms with Crippen molar-refractivity contribution in [1.29, 1.82) is 0 Å². The number of amides is 1. The molecule has 19 heavy (non-hydrogen) atoms. The van der Waals surface area contributed by atoms with E-state index in [1.165, 1.54) is 11.2 Å². The van der Waals surface area contributed by atoms with Crippen LogP contribution in [0.2, 0.25) is 0 Å². The van der Waals surface area contributed by atoms with Gasteiger partial charge in [-0.3, -0.25) is 4.79 Å². The fraction of sp³-hybridized carbons (Fsp3) is 0.667. The van der Waals surface area contributed by atoms with E-state index in [1.54, 1.807) is 6.92 Å². The zero-order chi connectivity index (χ0) is 13.7. The fourth-order valence-electron chi connectivity index (χ4n) is 2.02. The Hall–Kier alpha value is -1.76. The predicted molar refractivity (Wildman–Crippen MR) is 65.0 cm³/mol. The highest BCUT2D eigenvalue weighted by molar-refractivity contribution is 5.94. The minimum Gasteiger partial charge on any atom is -0.494 e. The van der Waals surface area contributed by atoms with Gasteiger partial charge in [-0.05, 0) is 6.92 Å². The lowest BCUT2D eigenvalue weighted by Gasteiger charge is -2.35. The van der Waals surface area contributed by atoms with Gasteiger partial charge in [0.05, 0.1) is 6.61 Å². The lowest BCUT2D eigenvalue weighted by Crippen LogP contribution is -2.58. The molecule has 0 saturated carbocycles. The van der Waals surface area contributed by atoms with Crippen molar-refractivity contribution < 1.29 is 23.8 Å². The Kier molecular flexibility index (Phi) is 4.62. The third-order valence-electron chi connectivity index (χ3n) is 2.92. The topological polar surface area (TPSA) is 77.1 Å². The van der Waals surface area contributed by atoms with E-state index in [1.807, 2.05) is 0 Å². The summed E-state index contributed by atoms with van der Waals surface area (Å²) in [4.78, 5) is 25.6. The molecule has 0 aliphatic carbocycles. The molecule has 0 bridgehead atoms. The highest BCUT2D eigenvalue weighted by atomic mass is 16.6. The van der Waals surface area contributed by atoms with Crippen LogP contribution in [0.15, 0.2) is 12.0 Å². The molecular formula is C12H18N2O5. The molecule has 2 aliphatic rings. The Morgan fingerprint density at radius 2 is 2.37 bits per heavy atom. The number of esters is 1. The van der Waals surface area contributed by atoms with Crippen LogP contribution in [0.25, 0.3) is 0 Å². The molecule has 7 heteroatoms. The molecule has 0 aromatic rings. The number of piperazine rings is 1. The molecule has 1 unspecified atom stereocenters. The van der Waals surface area contributed by atoms with Crippen molar-refractivity contribution in [1.82, 2.24) is 10.2 Å². The van der Waals surface area contributed by atoms with Crippen LogP contribution < -0.4 is 5.32 Å². The van der Waals surface area contributed by atoms with Gasteiger partial charge in [0.25, 0.3) is 5.91 Å². The molecule has 1 amide bonds. The molecule has 2 heterocycles. The van der Waals surface area contributed by atoms with Crippen molar-refractivity contribution in [3.05, 3.63) is 12.0 Å². The van der Waals surface area contributed by atoms with E-state index in [9.17, 15) is 9.59 Å². The first-order valence-electron chi connectivity index (χ1n) is 6.37. The van der Waals surface area contributed by atoms with Gasteiger partial charge in [-0.25, -0.2) is 4.79 Å². The number of rotatable bonds is 3. The summed E-state index contributed by atoms with van der Waals surface area (Å²) in [6.07, 6.45) is 1.30. The van der Waals surface area contributed by atoms with Crippen molar-refractivity contribution in [2.45, 2.75) is 13.0 Å². The average molecular weight is 270 g/mol. The molecular weight excluding hydrogens is 252 g/mol. The van der Waals surface area contributed by atoms with Crippen LogP contribution in [0.3, 0.4) is 0 Å². The van der Waals surface area contributed by atoms with Crippen molar-refractivity contribution in [3.63, 3.8) is 0 Å². The van der Waals surface area contributed by atoms with E-state index in [0.29, 0.717) is 39.5 Å². The fourth-order valence-corrected chi connectivity index (χ4v) is 2.02. The zero-order valence-corrected chi connectivity index (χ0v) is 10.9. The maximum atomic E-state index is 12.3. The Morgan fingerprint density at radius 1 is 1.53 bits per heavy atom. The van der Waals surface area contributed by atoms with Crippen LogP contribution >= 0.6 is 0 Å². The molecule has 0 spiro atoms. The van der Waals surface area contributed by atoms with Crippen molar-refractivity contribution in [3.8, 4) is 0 Å². The van der Waals surface area contributed by atoms with Crippen LogP contribution in [0.4, 0.5) is 0 Å². The van der Waals surface area contributed by atoms with Gasteiger partial charge in [0.15, 0.2) is 0 Å². The summed E-state index contributed by atoms with van der Waals surface area (Å²) in [7, 11) is 0. The Morgan fingerprint density at radius 3 is 3.05 bits per heavy atom. The third kappa shape index (κ3) is 3.17. The van der Waals surface area contributed by atoms with Crippen LogP contribution in [-0.2, 0) is 23.8 Å². The molecule has 0 aromatic carbocycles. The second-order valence-electron chi connectivity index (χ2n) is 4.17. The number of hydrogen-bond acceptors (Lipinski definition) is 6. The lowest BCUT2D eigenvalue weighted by molar-refractivity contribution is -0.156. The average Bonchev–Trinajstić information content (AvgIpc) is 2.47. The first kappa shape index (κ1) is 13.7. The quantitative estimate of drug-likeness (QED) is 0.679. The van der Waals surface area contributed by atoms with E-state index in [2.05, 4.69) is 5.32 Å². The minimum atomic E-state index is -0.618. The highest BCUT2D eigenvalue weighted by Gasteiger charge is 2.35. The lowest BCUT2D eigenvalue weighted by atomic mass is 10.2. The molecule has 0 aromatic heterocycles. The highest BCUT2D eigenvalue weighted by Crippen LogP contribution is 2.14. The van der Waals surface area contributed by atoms with E-state index < -0.39 is 12.0 Å². The molecule has 1 atom stereocenters. The van der Waals surface area contributed by atoms with E-state index >= 15 is 0 Å². The van der Waals surface area contributed by atoms with Gasteiger partial charge in [-0.1, -0.05) is 0 Å². The molecule has 106 valence electrons. The summed E-state index contributed by atoms with van der Waals surface area (Å²) in [6.45, 7) is 4.26. The molecule has 0 radical (unpaired) electrons. The molecule has 7 nitrogen and oxygen atoms in total. The Labute approximate surface area is 111 Å². The molecule has 1 saturated heterocycles. The SMILES string of the molecule is CCOC(=O)C1CNCCN1C(=O)C1=COCCO1. The Bertz CT molecular complexity index is 382. The van der Waals surface area contributed by atoms with Crippen molar-refractivity contribution in [2.75, 3.05) is 39.5 Å². The second kappa shape index (κ2) is 6.42. The summed E-state index contributed by atoms with van der Waals surface area (Å²) in [5.74, 6) is -0.595. The van der Waals surface area contributed by atoms with Gasteiger partial charge in [0, 0.05) is 19.6 Å². The maximum absolute atomic E-state index is 12.3. The van der Waals surface area contributed by atoms with Crippen LogP contribution in [0.5, 0.6) is 0 Å². The first-order valence-corrected chi connectivity index (χ1v) is 6.37. The van der Waals surface area contributed by atoms with Gasteiger partial charge in [-0.2, -0.15) is 0 Å². The number of nitrogens with zero attached hydrogens (tertiary/aromatic N) is 1. The van der Waals surface area contributed by atoms with Crippen molar-refractivity contribution >= 4 is 11.9 Å². The van der Waals surface area contributed by atoms with Gasteiger partial charge in [0.1, 0.15) is 25.5 Å². The molecule has 2 rings (SSSR count). The summed E-state index contributed by atoms with van der Waals surface area (Å²) >= 11 is 0. The van der Waals surface area contributed by atoms with Crippen molar-refractivity contribution in [2.24, 2.45) is 0 Å². The number of nitrogens with one attached hydrogen (secondary N) is 1. The second-order valence-corrected chi connectivity index (χ2v) is 4.17. The number of carbonyl (C=O) groups excluding carboxylic acids is 2. The maximum Gasteiger partial charge on any atom is 0.330 e. The van der Waals surface area contributed by atoms with Gasteiger partial charge in [-0.15, -0.1) is 0 Å². The standard InChI is InChI=1S/C12H18N2O5/c1-2-18-12(16)9-7-13-3-4-14(9)11(15)10-8-17-5-6-19-10/h8-9,13H,2-7H2,1H3. The van der Waals surface area contributed by atoms with Gasteiger partial charge in [0.2, 0.25) is 5.76 Å². The molecule has 2 aliphatic heterocycles. The van der Waals surface area contributed by atoms with E-state index in [-0.39, 0.29) is 11.7 Å². The predicted octanol–water partition coefficient (Wildman–Crippen LogP) is -0.762. The van der Waals surface area contributed by atoms with Crippen LogP contribution in [-0.4, -0.2) is 62.3 Å². The monoisotopic (exact) mass is 270 g/mol. The third-order valence-corrected chi connectivity index (χ3v) is 2.92. The first-order chi connectivity index (χ1) is 9.24. The number of ether oxygens (including phenoxy) is 3. The van der Waals surface area contributed by atoms with Crippen LogP contribution in [0.1, 0.15) is 6.92 Å². The molecule has 1 N–H and O–H groups in total.